The third-order valence-corrected chi connectivity index (χ3v) is 6.72. The second-order valence-corrected chi connectivity index (χ2v) is 8.47. The molecular weight excluding hydrogens is 340 g/mol. The van der Waals surface area contributed by atoms with Gasteiger partial charge in [-0.25, -0.2) is 0 Å². The molecule has 2 aromatic heterocycles. The van der Waals surface area contributed by atoms with Gasteiger partial charge >= 0.3 is 0 Å². The van der Waals surface area contributed by atoms with Crippen LogP contribution in [-0.2, 0) is 19.4 Å². The molecule has 0 radical (unpaired) electrons. The zero-order valence-electron chi connectivity index (χ0n) is 16.1. The van der Waals surface area contributed by atoms with Gasteiger partial charge in [-0.15, -0.1) is 10.2 Å². The van der Waals surface area contributed by atoms with E-state index in [0.29, 0.717) is 12.4 Å². The van der Waals surface area contributed by atoms with Crippen molar-refractivity contribution in [1.82, 2.24) is 30.1 Å². The van der Waals surface area contributed by atoms with Crippen molar-refractivity contribution in [3.8, 4) is 11.4 Å². The maximum atomic E-state index is 11.4. The monoisotopic (exact) mass is 368 g/mol. The van der Waals surface area contributed by atoms with E-state index in [-0.39, 0.29) is 6.04 Å². The van der Waals surface area contributed by atoms with Crippen LogP contribution >= 0.6 is 0 Å². The zero-order chi connectivity index (χ0) is 18.4. The number of aryl methyl sites for hydroxylation is 2. The molecule has 27 heavy (non-hydrogen) atoms. The number of tetrazole rings is 1. The maximum absolute atomic E-state index is 11.4. The summed E-state index contributed by atoms with van der Waals surface area (Å²) in [4.78, 5) is 8.62. The van der Waals surface area contributed by atoms with Crippen molar-refractivity contribution >= 4 is 0 Å². The molecule has 3 aliphatic rings. The summed E-state index contributed by atoms with van der Waals surface area (Å²) >= 11 is 0. The number of aromatic nitrogens is 5. The molecule has 0 spiro atoms. The second kappa shape index (κ2) is 6.63. The minimum Gasteiger partial charge on any atom is -0.386 e. The lowest BCUT2D eigenvalue weighted by atomic mass is 9.79. The predicted octanol–water partition coefficient (Wildman–Crippen LogP) is 1.91. The van der Waals surface area contributed by atoms with Crippen LogP contribution in [0.4, 0.5) is 0 Å². The highest BCUT2D eigenvalue weighted by molar-refractivity contribution is 5.65. The molecule has 4 heterocycles. The van der Waals surface area contributed by atoms with E-state index < -0.39 is 5.60 Å². The average molecular weight is 368 g/mol. The van der Waals surface area contributed by atoms with Crippen LogP contribution in [0.15, 0.2) is 6.20 Å². The molecule has 144 valence electrons. The van der Waals surface area contributed by atoms with Crippen molar-refractivity contribution < 1.29 is 5.11 Å². The molecule has 1 N–H and O–H groups in total. The van der Waals surface area contributed by atoms with E-state index >= 15 is 0 Å². The summed E-state index contributed by atoms with van der Waals surface area (Å²) in [7, 11) is 0. The fraction of sp³-hybridized carbons (Fsp3) is 0.700. The summed E-state index contributed by atoms with van der Waals surface area (Å²) in [5, 5.41) is 24.7. The molecule has 2 fully saturated rings. The number of aliphatic hydroxyl groups is 1. The van der Waals surface area contributed by atoms with Crippen molar-refractivity contribution in [1.29, 1.82) is 0 Å². The first-order valence-corrected chi connectivity index (χ1v) is 10.4. The van der Waals surface area contributed by atoms with Crippen LogP contribution < -0.4 is 0 Å². The lowest BCUT2D eigenvalue weighted by molar-refractivity contribution is -0.107. The SMILES string of the molecule is Cc1ncc2c(c1-c1nnn(C[C@]3(O)CCCN4CCCC[C@@H]43)n1)CCC2. The molecule has 5 rings (SSSR count). The van der Waals surface area contributed by atoms with Crippen LogP contribution in [-0.4, -0.2) is 59.9 Å². The number of fused-ring (bicyclic) bond motifs is 2. The maximum Gasteiger partial charge on any atom is 0.207 e. The molecule has 2 atom stereocenters. The van der Waals surface area contributed by atoms with Gasteiger partial charge in [0.25, 0.3) is 0 Å². The number of pyridine rings is 1. The van der Waals surface area contributed by atoms with E-state index in [0.717, 1.165) is 56.5 Å². The smallest absolute Gasteiger partial charge is 0.207 e. The minimum atomic E-state index is -0.761. The first-order chi connectivity index (χ1) is 13.1. The summed E-state index contributed by atoms with van der Waals surface area (Å²) in [6, 6.07) is 0.221. The van der Waals surface area contributed by atoms with Crippen LogP contribution in [0.1, 0.15) is 55.3 Å². The Morgan fingerprint density at radius 2 is 2.07 bits per heavy atom. The Bertz CT molecular complexity index is 847. The van der Waals surface area contributed by atoms with Crippen LogP contribution in [0, 0.1) is 6.92 Å². The van der Waals surface area contributed by atoms with Gasteiger partial charge in [0.15, 0.2) is 0 Å². The molecule has 2 aromatic rings. The minimum absolute atomic E-state index is 0.221. The van der Waals surface area contributed by atoms with Gasteiger partial charge in [0.2, 0.25) is 5.82 Å². The van der Waals surface area contributed by atoms with Crippen LogP contribution in [0.2, 0.25) is 0 Å². The quantitative estimate of drug-likeness (QED) is 0.891. The summed E-state index contributed by atoms with van der Waals surface area (Å²) in [6.45, 7) is 4.64. The number of hydrogen-bond donors (Lipinski definition) is 1. The molecule has 2 saturated heterocycles. The Balaban J connectivity index is 1.43. The van der Waals surface area contributed by atoms with E-state index in [1.165, 1.54) is 30.4 Å². The molecule has 0 saturated carbocycles. The van der Waals surface area contributed by atoms with Crippen molar-refractivity contribution in [2.45, 2.75) is 76.5 Å². The van der Waals surface area contributed by atoms with Crippen molar-refractivity contribution in [3.05, 3.63) is 23.0 Å². The van der Waals surface area contributed by atoms with E-state index in [2.05, 4.69) is 25.3 Å². The number of piperidine rings is 2. The Morgan fingerprint density at radius 3 is 3.00 bits per heavy atom. The fourth-order valence-corrected chi connectivity index (χ4v) is 5.41. The van der Waals surface area contributed by atoms with Crippen molar-refractivity contribution in [2.75, 3.05) is 13.1 Å². The Morgan fingerprint density at radius 1 is 1.19 bits per heavy atom. The van der Waals surface area contributed by atoms with E-state index in [4.69, 9.17) is 0 Å². The highest BCUT2D eigenvalue weighted by Crippen LogP contribution is 2.35. The lowest BCUT2D eigenvalue weighted by Crippen LogP contribution is -2.60. The van der Waals surface area contributed by atoms with E-state index in [1.807, 2.05) is 13.1 Å². The largest absolute Gasteiger partial charge is 0.386 e. The number of hydrogen-bond acceptors (Lipinski definition) is 6. The van der Waals surface area contributed by atoms with E-state index in [9.17, 15) is 5.11 Å². The third kappa shape index (κ3) is 2.97. The Kier molecular flexibility index (Phi) is 4.24. The van der Waals surface area contributed by atoms with E-state index in [1.54, 1.807) is 4.80 Å². The average Bonchev–Trinajstić information content (AvgIpc) is 3.31. The Labute approximate surface area is 159 Å². The summed E-state index contributed by atoms with van der Waals surface area (Å²) < 4.78 is 0. The topological polar surface area (TPSA) is 80.0 Å². The van der Waals surface area contributed by atoms with Gasteiger partial charge in [-0.2, -0.15) is 4.80 Å². The van der Waals surface area contributed by atoms with Gasteiger partial charge in [-0.1, -0.05) is 6.42 Å². The molecule has 0 bridgehead atoms. The van der Waals surface area contributed by atoms with Gasteiger partial charge in [-0.05, 0) is 81.3 Å². The van der Waals surface area contributed by atoms with Gasteiger partial charge < -0.3 is 5.11 Å². The van der Waals surface area contributed by atoms with Gasteiger partial charge in [0, 0.05) is 23.5 Å². The molecule has 2 aliphatic heterocycles. The highest BCUT2D eigenvalue weighted by atomic mass is 16.3. The lowest BCUT2D eigenvalue weighted by Gasteiger charge is -2.49. The first kappa shape index (κ1) is 17.3. The highest BCUT2D eigenvalue weighted by Gasteiger charge is 2.44. The molecule has 0 amide bonds. The Hall–Kier alpha value is -1.86. The van der Waals surface area contributed by atoms with Gasteiger partial charge in [0.1, 0.15) is 5.60 Å². The van der Waals surface area contributed by atoms with Crippen LogP contribution in [0.25, 0.3) is 11.4 Å². The molecule has 0 aromatic carbocycles. The fourth-order valence-electron chi connectivity index (χ4n) is 5.41. The summed E-state index contributed by atoms with van der Waals surface area (Å²) in [5.74, 6) is 0.652. The normalized spacial score (nSPS) is 28.1. The van der Waals surface area contributed by atoms with Crippen molar-refractivity contribution in [3.63, 3.8) is 0 Å². The van der Waals surface area contributed by atoms with Gasteiger partial charge in [0.05, 0.1) is 6.54 Å². The standard InChI is InChI=1S/C20H28N6O/c1-14-18(16-7-4-6-15(16)12-21-14)19-22-24-26(23-19)13-20(27)9-5-11-25-10-3-2-8-17(20)25/h12,17,27H,2-11,13H2,1H3/t17-,20-/m1/s1. The second-order valence-electron chi connectivity index (χ2n) is 8.47. The predicted molar refractivity (Wildman–Crippen MR) is 101 cm³/mol. The molecule has 7 nitrogen and oxygen atoms in total. The zero-order valence-corrected chi connectivity index (χ0v) is 16.1. The molecule has 1 aliphatic carbocycles. The van der Waals surface area contributed by atoms with Crippen LogP contribution in [0.5, 0.6) is 0 Å². The summed E-state index contributed by atoms with van der Waals surface area (Å²) in [5.41, 5.74) is 3.89. The van der Waals surface area contributed by atoms with Gasteiger partial charge in [-0.3, -0.25) is 9.88 Å². The third-order valence-electron chi connectivity index (χ3n) is 6.72. The molecule has 0 unspecified atom stereocenters. The number of rotatable bonds is 3. The van der Waals surface area contributed by atoms with Crippen molar-refractivity contribution in [2.24, 2.45) is 0 Å². The first-order valence-electron chi connectivity index (χ1n) is 10.4. The molecular formula is C20H28N6O. The number of nitrogens with zero attached hydrogens (tertiary/aromatic N) is 6. The molecule has 7 heteroatoms. The van der Waals surface area contributed by atoms with Crippen LogP contribution in [0.3, 0.4) is 0 Å². The summed E-state index contributed by atoms with van der Waals surface area (Å²) in [6.07, 6.45) is 10.6.